The molecule has 0 fully saturated rings. The van der Waals surface area contributed by atoms with E-state index in [4.69, 9.17) is 0 Å². The van der Waals surface area contributed by atoms with Crippen LogP contribution < -0.4 is 5.32 Å². The Bertz CT molecular complexity index is 1440. The van der Waals surface area contributed by atoms with Gasteiger partial charge in [0.15, 0.2) is 14.9 Å². The van der Waals surface area contributed by atoms with Crippen molar-refractivity contribution in [2.24, 2.45) is 0 Å². The number of hydrogen-bond donors (Lipinski definition) is 1. The summed E-state index contributed by atoms with van der Waals surface area (Å²) in [5, 5.41) is 8.01. The molecule has 7 nitrogen and oxygen atoms in total. The van der Waals surface area contributed by atoms with Gasteiger partial charge in [-0.25, -0.2) is 22.5 Å². The number of halogens is 2. The minimum atomic E-state index is -3.40. The normalized spacial score (nSPS) is 12.6. The number of pyridine rings is 1. The molecule has 0 bridgehead atoms. The van der Waals surface area contributed by atoms with Crippen molar-refractivity contribution in [3.8, 4) is 5.69 Å². The van der Waals surface area contributed by atoms with Gasteiger partial charge in [-0.05, 0) is 54.4 Å². The molecule has 0 aliphatic carbocycles. The van der Waals surface area contributed by atoms with Gasteiger partial charge in [0.1, 0.15) is 5.82 Å². The fourth-order valence-electron chi connectivity index (χ4n) is 3.54. The predicted molar refractivity (Wildman–Crippen MR) is 127 cm³/mol. The maximum Gasteiger partial charge on any atom is 0.252 e. The van der Waals surface area contributed by atoms with E-state index < -0.39 is 9.84 Å². The summed E-state index contributed by atoms with van der Waals surface area (Å²) < 4.78 is 39.0. The van der Waals surface area contributed by atoms with Crippen LogP contribution in [-0.4, -0.2) is 35.3 Å². The van der Waals surface area contributed by atoms with Crippen molar-refractivity contribution < 1.29 is 17.6 Å². The van der Waals surface area contributed by atoms with Crippen LogP contribution in [0.1, 0.15) is 35.3 Å². The second kappa shape index (κ2) is 9.03. The summed E-state index contributed by atoms with van der Waals surface area (Å²) in [6, 6.07) is 12.2. The van der Waals surface area contributed by atoms with Crippen molar-refractivity contribution in [1.82, 2.24) is 20.1 Å². The fraction of sp³-hybridized carbons (Fsp3) is 0.174. The third-order valence-electron chi connectivity index (χ3n) is 5.22. The van der Waals surface area contributed by atoms with E-state index in [9.17, 15) is 17.6 Å². The van der Waals surface area contributed by atoms with Crippen LogP contribution >= 0.6 is 15.9 Å². The fourth-order valence-corrected chi connectivity index (χ4v) is 4.55. The van der Waals surface area contributed by atoms with Gasteiger partial charge in [0.2, 0.25) is 0 Å². The highest BCUT2D eigenvalue weighted by atomic mass is 79.9. The number of benzene rings is 2. The molecule has 2 aromatic carbocycles. The third kappa shape index (κ3) is 4.81. The summed E-state index contributed by atoms with van der Waals surface area (Å²) in [5.41, 5.74) is 2.48. The van der Waals surface area contributed by atoms with Crippen LogP contribution in [0.4, 0.5) is 4.39 Å². The molecule has 4 aromatic rings. The first-order valence-electron chi connectivity index (χ1n) is 10.1. The van der Waals surface area contributed by atoms with Crippen LogP contribution in [0.15, 0.2) is 70.4 Å². The van der Waals surface area contributed by atoms with E-state index in [1.165, 1.54) is 24.4 Å². The van der Waals surface area contributed by atoms with Crippen LogP contribution in [-0.2, 0) is 9.84 Å². The minimum Gasteiger partial charge on any atom is -0.345 e. The Kier molecular flexibility index (Phi) is 6.31. The van der Waals surface area contributed by atoms with Gasteiger partial charge in [0.05, 0.1) is 29.0 Å². The number of nitrogens with zero attached hydrogens (tertiary/aromatic N) is 3. The number of amides is 1. The lowest BCUT2D eigenvalue weighted by Gasteiger charge is -2.18. The topological polar surface area (TPSA) is 94.0 Å². The van der Waals surface area contributed by atoms with Crippen LogP contribution in [0.2, 0.25) is 0 Å². The van der Waals surface area contributed by atoms with Crippen molar-refractivity contribution in [3.05, 3.63) is 82.3 Å². The number of rotatable bonds is 6. The maximum atomic E-state index is 13.3. The molecule has 0 spiro atoms. The summed E-state index contributed by atoms with van der Waals surface area (Å²) in [6.07, 6.45) is 4.74. The number of aromatic nitrogens is 3. The summed E-state index contributed by atoms with van der Waals surface area (Å²) in [4.78, 5) is 17.3. The molecule has 2 aromatic heterocycles. The molecule has 2 heterocycles. The molecule has 1 amide bonds. The smallest absolute Gasteiger partial charge is 0.252 e. The zero-order valence-electron chi connectivity index (χ0n) is 17.8. The van der Waals surface area contributed by atoms with E-state index in [1.54, 1.807) is 35.1 Å². The van der Waals surface area contributed by atoms with E-state index in [0.717, 1.165) is 6.26 Å². The molecule has 0 aliphatic rings. The van der Waals surface area contributed by atoms with Crippen LogP contribution in [0.25, 0.3) is 16.6 Å². The molecule has 0 unspecified atom stereocenters. The van der Waals surface area contributed by atoms with Crippen molar-refractivity contribution >= 4 is 42.6 Å². The summed E-state index contributed by atoms with van der Waals surface area (Å²) >= 11 is 3.46. The lowest BCUT2D eigenvalue weighted by Crippen LogP contribution is -2.28. The van der Waals surface area contributed by atoms with Gasteiger partial charge >= 0.3 is 0 Å². The maximum absolute atomic E-state index is 13.3. The Morgan fingerprint density at radius 2 is 1.88 bits per heavy atom. The zero-order chi connectivity index (χ0) is 23.8. The van der Waals surface area contributed by atoms with Crippen molar-refractivity contribution in [3.63, 3.8) is 0 Å². The lowest BCUT2D eigenvalue weighted by atomic mass is 10.0. The molecule has 0 saturated carbocycles. The third-order valence-corrected chi connectivity index (χ3v) is 6.68. The number of fused-ring (bicyclic) bond motifs is 1. The molecular weight excluding hydrogens is 511 g/mol. The minimum absolute atomic E-state index is 0.0191. The SMILES string of the molecule is CC[C@H](NC(=O)c1cc(Br)cc2c1cnn2-c1ccc(F)cc1)c1ccc(S(C)(=O)=O)nc1. The number of nitrogens with one attached hydrogen (secondary N) is 1. The second-order valence-electron chi connectivity index (χ2n) is 7.56. The monoisotopic (exact) mass is 530 g/mol. The van der Waals surface area contributed by atoms with Gasteiger partial charge in [0, 0.05) is 22.3 Å². The summed E-state index contributed by atoms with van der Waals surface area (Å²) in [7, 11) is -3.40. The van der Waals surface area contributed by atoms with E-state index in [0.29, 0.717) is 38.6 Å². The average Bonchev–Trinajstić information content (AvgIpc) is 3.20. The number of carbonyl (C=O) groups is 1. The number of hydrogen-bond acceptors (Lipinski definition) is 5. The first-order valence-corrected chi connectivity index (χ1v) is 12.8. The van der Waals surface area contributed by atoms with Gasteiger partial charge in [-0.15, -0.1) is 0 Å². The van der Waals surface area contributed by atoms with Gasteiger partial charge in [-0.3, -0.25) is 4.79 Å². The molecule has 10 heteroatoms. The molecule has 1 atom stereocenters. The van der Waals surface area contributed by atoms with Crippen LogP contribution in [0.3, 0.4) is 0 Å². The molecule has 4 rings (SSSR count). The van der Waals surface area contributed by atoms with Crippen molar-refractivity contribution in [2.45, 2.75) is 24.4 Å². The molecule has 0 radical (unpaired) electrons. The molecule has 0 saturated heterocycles. The van der Waals surface area contributed by atoms with Crippen molar-refractivity contribution in [1.29, 1.82) is 0 Å². The molecule has 0 aliphatic heterocycles. The van der Waals surface area contributed by atoms with Gasteiger partial charge < -0.3 is 5.32 Å². The van der Waals surface area contributed by atoms with Gasteiger partial charge in [-0.2, -0.15) is 5.10 Å². The lowest BCUT2D eigenvalue weighted by molar-refractivity contribution is 0.0937. The molecular formula is C23H20BrFN4O3S. The summed E-state index contributed by atoms with van der Waals surface area (Å²) in [5.74, 6) is -0.653. The van der Waals surface area contributed by atoms with E-state index in [1.807, 2.05) is 13.0 Å². The molecule has 33 heavy (non-hydrogen) atoms. The van der Waals surface area contributed by atoms with Crippen LogP contribution in [0, 0.1) is 5.82 Å². The standard InChI is InChI=1S/C23H20BrFN4O3S/c1-3-20(14-4-9-22(26-12-14)33(2,31)32)28-23(30)18-10-15(24)11-21-19(18)13-27-29(21)17-7-5-16(25)6-8-17/h4-13,20H,3H2,1-2H3,(H,28,30)/t20-/m0/s1. The highest BCUT2D eigenvalue weighted by Gasteiger charge is 2.20. The quantitative estimate of drug-likeness (QED) is 0.393. The van der Waals surface area contributed by atoms with E-state index in [-0.39, 0.29) is 22.8 Å². The Labute approximate surface area is 198 Å². The highest BCUT2D eigenvalue weighted by Crippen LogP contribution is 2.27. The van der Waals surface area contributed by atoms with Gasteiger partial charge in [0.25, 0.3) is 5.91 Å². The highest BCUT2D eigenvalue weighted by molar-refractivity contribution is 9.10. The van der Waals surface area contributed by atoms with E-state index >= 15 is 0 Å². The Morgan fingerprint density at radius 3 is 2.48 bits per heavy atom. The number of carbonyl (C=O) groups excluding carboxylic acids is 1. The number of sulfone groups is 1. The molecule has 1 N–H and O–H groups in total. The first-order chi connectivity index (χ1) is 15.7. The predicted octanol–water partition coefficient (Wildman–Crippen LogP) is 4.61. The van der Waals surface area contributed by atoms with Gasteiger partial charge in [-0.1, -0.05) is 28.9 Å². The second-order valence-corrected chi connectivity index (χ2v) is 10.4. The Morgan fingerprint density at radius 1 is 1.15 bits per heavy atom. The Balaban J connectivity index is 1.67. The average molecular weight is 531 g/mol. The first kappa shape index (κ1) is 23.1. The summed E-state index contributed by atoms with van der Waals surface area (Å²) in [6.45, 7) is 1.92. The van der Waals surface area contributed by atoms with E-state index in [2.05, 4.69) is 31.3 Å². The largest absolute Gasteiger partial charge is 0.345 e. The Hall–Kier alpha value is -3.11. The molecule has 170 valence electrons. The zero-order valence-corrected chi connectivity index (χ0v) is 20.2. The van der Waals surface area contributed by atoms with Crippen LogP contribution in [0.5, 0.6) is 0 Å². The van der Waals surface area contributed by atoms with Crippen molar-refractivity contribution in [2.75, 3.05) is 6.26 Å².